The maximum Gasteiger partial charge on any atom is 0.257 e. The number of nitrogens with zero attached hydrogens (tertiary/aromatic N) is 2. The third kappa shape index (κ3) is 4.91. The van der Waals surface area contributed by atoms with Crippen LogP contribution in [0.2, 0.25) is 0 Å². The summed E-state index contributed by atoms with van der Waals surface area (Å²) in [4.78, 5) is 4.55. The van der Waals surface area contributed by atoms with Crippen LogP contribution in [0.3, 0.4) is 0 Å². The van der Waals surface area contributed by atoms with Crippen LogP contribution in [-0.2, 0) is 6.42 Å². The highest BCUT2D eigenvalue weighted by atomic mass is 16.5. The number of hydrogen-bond acceptors (Lipinski definition) is 6. The molecule has 0 amide bonds. The van der Waals surface area contributed by atoms with Crippen molar-refractivity contribution in [2.24, 2.45) is 0 Å². The van der Waals surface area contributed by atoms with Crippen molar-refractivity contribution >= 4 is 0 Å². The Morgan fingerprint density at radius 3 is 2.09 bits per heavy atom. The van der Waals surface area contributed by atoms with Crippen LogP contribution in [0.5, 0.6) is 17.2 Å². The van der Waals surface area contributed by atoms with Crippen molar-refractivity contribution in [1.29, 1.82) is 0 Å². The van der Waals surface area contributed by atoms with Gasteiger partial charge in [0.2, 0.25) is 0 Å². The summed E-state index contributed by atoms with van der Waals surface area (Å²) in [6.07, 6.45) is 1.53. The first kappa shape index (κ1) is 21.4. The second-order valence-corrected chi connectivity index (χ2v) is 7.33. The van der Waals surface area contributed by atoms with Crippen molar-refractivity contribution in [3.63, 3.8) is 0 Å². The van der Waals surface area contributed by atoms with E-state index in [0.717, 1.165) is 41.0 Å². The van der Waals surface area contributed by atoms with Gasteiger partial charge in [-0.2, -0.15) is 4.98 Å². The van der Waals surface area contributed by atoms with E-state index in [4.69, 9.17) is 18.7 Å². The second-order valence-electron chi connectivity index (χ2n) is 7.33. The third-order valence-electron chi connectivity index (χ3n) is 5.07. The number of ether oxygens (including phenoxy) is 3. The number of rotatable bonds is 9. The first-order chi connectivity index (χ1) is 15.7. The standard InChI is InChI=1S/C26H26N2O4/c1-4-15-31-22-12-10-20(11-13-22)19-6-8-21(9-7-19)26-27-25(28-32-26)17-18-5-14-23(29-2)24(16-18)30-3/h5-14,16H,4,15,17H2,1-3H3. The van der Waals surface area contributed by atoms with Gasteiger partial charge in [0.1, 0.15) is 5.75 Å². The molecule has 0 spiro atoms. The molecule has 6 heteroatoms. The fourth-order valence-electron chi connectivity index (χ4n) is 3.38. The van der Waals surface area contributed by atoms with Crippen LogP contribution in [-0.4, -0.2) is 31.0 Å². The molecule has 1 heterocycles. The number of benzene rings is 3. The molecule has 0 saturated heterocycles. The Bertz CT molecular complexity index is 1150. The highest BCUT2D eigenvalue weighted by molar-refractivity contribution is 5.67. The van der Waals surface area contributed by atoms with Crippen LogP contribution in [0.1, 0.15) is 24.7 Å². The molecule has 1 aromatic heterocycles. The van der Waals surface area contributed by atoms with E-state index in [-0.39, 0.29) is 0 Å². The molecule has 164 valence electrons. The Labute approximate surface area is 187 Å². The van der Waals surface area contributed by atoms with Gasteiger partial charge in [0.25, 0.3) is 5.89 Å². The molecule has 6 nitrogen and oxygen atoms in total. The van der Waals surface area contributed by atoms with Crippen LogP contribution in [0.15, 0.2) is 71.3 Å². The molecule has 0 fully saturated rings. The predicted molar refractivity (Wildman–Crippen MR) is 123 cm³/mol. The van der Waals surface area contributed by atoms with Crippen molar-refractivity contribution in [2.75, 3.05) is 20.8 Å². The van der Waals surface area contributed by atoms with Crippen molar-refractivity contribution < 1.29 is 18.7 Å². The molecule has 0 aliphatic carbocycles. The number of aromatic nitrogens is 2. The molecule has 0 saturated carbocycles. The zero-order valence-corrected chi connectivity index (χ0v) is 18.5. The van der Waals surface area contributed by atoms with Crippen LogP contribution < -0.4 is 14.2 Å². The maximum atomic E-state index is 5.65. The summed E-state index contributed by atoms with van der Waals surface area (Å²) in [6, 6.07) is 22.0. The van der Waals surface area contributed by atoms with Gasteiger partial charge in [-0.25, -0.2) is 0 Å². The first-order valence-electron chi connectivity index (χ1n) is 10.6. The molecule has 3 aromatic carbocycles. The molecule has 0 unspecified atom stereocenters. The molecule has 0 aliphatic rings. The van der Waals surface area contributed by atoms with E-state index in [0.29, 0.717) is 29.6 Å². The maximum absolute atomic E-state index is 5.65. The molecule has 0 bridgehead atoms. The van der Waals surface area contributed by atoms with Gasteiger partial charge in [-0.1, -0.05) is 42.4 Å². The van der Waals surface area contributed by atoms with Crippen LogP contribution in [0, 0.1) is 0 Å². The molecule has 4 rings (SSSR count). The van der Waals surface area contributed by atoms with E-state index in [2.05, 4.69) is 41.3 Å². The van der Waals surface area contributed by atoms with E-state index in [1.165, 1.54) is 0 Å². The van der Waals surface area contributed by atoms with Crippen molar-refractivity contribution in [1.82, 2.24) is 10.1 Å². The van der Waals surface area contributed by atoms with E-state index >= 15 is 0 Å². The molecule has 4 aromatic rings. The molecule has 0 N–H and O–H groups in total. The van der Waals surface area contributed by atoms with Gasteiger partial charge >= 0.3 is 0 Å². The Hall–Kier alpha value is -3.80. The topological polar surface area (TPSA) is 66.6 Å². The van der Waals surface area contributed by atoms with Gasteiger partial charge in [-0.05, 0) is 59.5 Å². The van der Waals surface area contributed by atoms with E-state index in [9.17, 15) is 0 Å². The molecular weight excluding hydrogens is 404 g/mol. The average Bonchev–Trinajstić information content (AvgIpc) is 3.31. The predicted octanol–water partition coefficient (Wildman–Crippen LogP) is 5.80. The molecule has 0 radical (unpaired) electrons. The lowest BCUT2D eigenvalue weighted by Crippen LogP contribution is -1.95. The Balaban J connectivity index is 1.45. The zero-order valence-electron chi connectivity index (χ0n) is 18.5. The minimum absolute atomic E-state index is 0.496. The fraction of sp³-hybridized carbons (Fsp3) is 0.231. The Morgan fingerprint density at radius 1 is 0.781 bits per heavy atom. The monoisotopic (exact) mass is 430 g/mol. The Kier molecular flexibility index (Phi) is 6.70. The third-order valence-corrected chi connectivity index (χ3v) is 5.07. The van der Waals surface area contributed by atoms with Gasteiger partial charge in [0.15, 0.2) is 17.3 Å². The highest BCUT2D eigenvalue weighted by Crippen LogP contribution is 2.29. The van der Waals surface area contributed by atoms with Crippen LogP contribution >= 0.6 is 0 Å². The summed E-state index contributed by atoms with van der Waals surface area (Å²) in [7, 11) is 3.23. The fourth-order valence-corrected chi connectivity index (χ4v) is 3.38. The largest absolute Gasteiger partial charge is 0.494 e. The zero-order chi connectivity index (χ0) is 22.3. The Morgan fingerprint density at radius 2 is 1.44 bits per heavy atom. The van der Waals surface area contributed by atoms with Crippen molar-refractivity contribution in [3.05, 3.63) is 78.1 Å². The van der Waals surface area contributed by atoms with Crippen LogP contribution in [0.4, 0.5) is 0 Å². The normalized spacial score (nSPS) is 10.7. The van der Waals surface area contributed by atoms with E-state index < -0.39 is 0 Å². The van der Waals surface area contributed by atoms with Gasteiger partial charge in [0, 0.05) is 12.0 Å². The summed E-state index contributed by atoms with van der Waals surface area (Å²) >= 11 is 0. The van der Waals surface area contributed by atoms with Gasteiger partial charge < -0.3 is 18.7 Å². The minimum atomic E-state index is 0.496. The first-order valence-corrected chi connectivity index (χ1v) is 10.6. The minimum Gasteiger partial charge on any atom is -0.494 e. The van der Waals surface area contributed by atoms with Crippen LogP contribution in [0.25, 0.3) is 22.6 Å². The van der Waals surface area contributed by atoms with E-state index in [1.807, 2.05) is 42.5 Å². The number of hydrogen-bond donors (Lipinski definition) is 0. The quantitative estimate of drug-likeness (QED) is 0.334. The van der Waals surface area contributed by atoms with Gasteiger partial charge in [-0.3, -0.25) is 0 Å². The summed E-state index contributed by atoms with van der Waals surface area (Å²) in [6.45, 7) is 2.82. The summed E-state index contributed by atoms with van der Waals surface area (Å²) < 4.78 is 21.8. The summed E-state index contributed by atoms with van der Waals surface area (Å²) in [5.74, 6) is 3.36. The lowest BCUT2D eigenvalue weighted by atomic mass is 10.0. The highest BCUT2D eigenvalue weighted by Gasteiger charge is 2.12. The second kappa shape index (κ2) is 10.0. The lowest BCUT2D eigenvalue weighted by molar-refractivity contribution is 0.317. The molecular formula is C26H26N2O4. The summed E-state index contributed by atoms with van der Waals surface area (Å²) in [5.41, 5.74) is 4.13. The van der Waals surface area contributed by atoms with Crippen molar-refractivity contribution in [3.8, 4) is 39.8 Å². The molecule has 0 aliphatic heterocycles. The molecule has 32 heavy (non-hydrogen) atoms. The SMILES string of the molecule is CCCOc1ccc(-c2ccc(-c3nc(Cc4ccc(OC)c(OC)c4)no3)cc2)cc1. The van der Waals surface area contributed by atoms with Crippen molar-refractivity contribution in [2.45, 2.75) is 19.8 Å². The smallest absolute Gasteiger partial charge is 0.257 e. The summed E-state index contributed by atoms with van der Waals surface area (Å²) in [5, 5.41) is 4.13. The van der Waals surface area contributed by atoms with E-state index in [1.54, 1.807) is 14.2 Å². The average molecular weight is 431 g/mol. The number of methoxy groups -OCH3 is 2. The lowest BCUT2D eigenvalue weighted by Gasteiger charge is -2.08. The van der Waals surface area contributed by atoms with Gasteiger partial charge in [-0.15, -0.1) is 0 Å². The van der Waals surface area contributed by atoms with Gasteiger partial charge in [0.05, 0.1) is 20.8 Å². The molecule has 0 atom stereocenters.